The highest BCUT2D eigenvalue weighted by Gasteiger charge is 2.69. The molecular formula is C48H78O19. The molecule has 3 saturated carbocycles. The highest BCUT2D eigenvalue weighted by atomic mass is 16.8. The van der Waals surface area contributed by atoms with E-state index in [4.69, 9.17) is 28.4 Å². The van der Waals surface area contributed by atoms with E-state index in [0.29, 0.717) is 25.7 Å². The molecule has 67 heavy (non-hydrogen) atoms. The van der Waals surface area contributed by atoms with Crippen LogP contribution >= 0.6 is 0 Å². The fourth-order valence-electron chi connectivity index (χ4n) is 14.5. The van der Waals surface area contributed by atoms with E-state index >= 15 is 0 Å². The van der Waals surface area contributed by atoms with Gasteiger partial charge in [0.2, 0.25) is 0 Å². The van der Waals surface area contributed by atoms with Crippen molar-refractivity contribution < 1.29 is 94.8 Å². The summed E-state index contributed by atoms with van der Waals surface area (Å²) in [4.78, 5) is 0. The van der Waals surface area contributed by atoms with Crippen LogP contribution in [0.5, 0.6) is 0 Å². The minimum Gasteiger partial charge on any atom is -0.396 e. The molecule has 0 aromatic carbocycles. The van der Waals surface area contributed by atoms with Crippen LogP contribution in [0.15, 0.2) is 23.3 Å². The molecule has 8 rings (SSSR count). The maximum atomic E-state index is 12.1. The number of hydrogen-bond acceptors (Lipinski definition) is 19. The molecule has 384 valence electrons. The molecule has 8 aliphatic rings. The highest BCUT2D eigenvalue weighted by molar-refractivity contribution is 5.47. The Labute approximate surface area is 391 Å². The van der Waals surface area contributed by atoms with Crippen molar-refractivity contribution in [3.05, 3.63) is 23.3 Å². The SMILES string of the molecule is CC1(C)CC[C@]2(CO)C(=C3C=C[C@H]4[C@]5(C)CC[C@@H](O[C@H]6O[C@@H](CO[C@@H]7O[C@H](CO)[C@@H](O)[C@H](O)[C@@H]7O)[C@H](O[C@@H]7O[C@H](CO)[C@@H](O)[C@H](O)[C@@H]7O)[C@@H](O)[C@@H]6O)[C@](C)(CO)[C@@H]5CC[C@@]4(C)[C@]3(C)C[C@@H]2O)C1. The standard InChI is InChI=1S/C48H78O19/c1-43(2)13-14-48(21-52)23(15-43)22-7-8-28-44(3)11-10-30(45(4,20-51)27(44)9-12-46(28,5)47(22,6)16-29(48)53)66-41-38(61)35(58)39(67-42-37(60)34(57)32(55)25(18-50)64-42)26(65-41)19-62-40-36(59)33(56)31(54)24(17-49)63-40/h7-8,24-42,49-61H,9-21H2,1-6H3/t24-,25-,26+,27-,28+,29+,30-,31-,32-,33+,34+,35+,36+,37+,38+,39+,40-,41-,42+,44-,45-,46-,47-,48+/m1/s1. The minimum absolute atomic E-state index is 0.0246. The van der Waals surface area contributed by atoms with Crippen LogP contribution in [-0.4, -0.2) is 204 Å². The Balaban J connectivity index is 1.06. The molecule has 0 aromatic rings. The first-order valence-corrected chi connectivity index (χ1v) is 24.3. The van der Waals surface area contributed by atoms with Gasteiger partial charge in [0.25, 0.3) is 0 Å². The zero-order chi connectivity index (χ0) is 49.0. The van der Waals surface area contributed by atoms with Crippen molar-refractivity contribution in [2.24, 2.45) is 44.3 Å². The zero-order valence-corrected chi connectivity index (χ0v) is 39.6. The second-order valence-corrected chi connectivity index (χ2v) is 23.1. The van der Waals surface area contributed by atoms with Crippen LogP contribution in [0.3, 0.4) is 0 Å². The molecule has 5 aliphatic carbocycles. The van der Waals surface area contributed by atoms with E-state index in [2.05, 4.69) is 46.8 Å². The first-order valence-electron chi connectivity index (χ1n) is 24.3. The summed E-state index contributed by atoms with van der Waals surface area (Å²) in [7, 11) is 0. The van der Waals surface area contributed by atoms with E-state index in [1.807, 2.05) is 6.92 Å². The second-order valence-electron chi connectivity index (χ2n) is 23.1. The molecule has 13 N–H and O–H groups in total. The van der Waals surface area contributed by atoms with E-state index in [9.17, 15) is 66.4 Å². The summed E-state index contributed by atoms with van der Waals surface area (Å²) in [6, 6.07) is 0. The van der Waals surface area contributed by atoms with Gasteiger partial charge in [0.15, 0.2) is 18.9 Å². The van der Waals surface area contributed by atoms with Crippen molar-refractivity contribution in [3.8, 4) is 0 Å². The second kappa shape index (κ2) is 18.6. The molecular weight excluding hydrogens is 881 g/mol. The third kappa shape index (κ3) is 8.15. The summed E-state index contributed by atoms with van der Waals surface area (Å²) < 4.78 is 35.8. The summed E-state index contributed by atoms with van der Waals surface area (Å²) in [5, 5.41) is 141. The molecule has 3 heterocycles. The topological polar surface area (TPSA) is 318 Å². The van der Waals surface area contributed by atoms with Crippen molar-refractivity contribution in [3.63, 3.8) is 0 Å². The lowest BCUT2D eigenvalue weighted by Crippen LogP contribution is -2.67. The lowest BCUT2D eigenvalue weighted by atomic mass is 9.35. The summed E-state index contributed by atoms with van der Waals surface area (Å²) in [5.74, 6) is -0.0749. The van der Waals surface area contributed by atoms with Crippen LogP contribution in [0.25, 0.3) is 0 Å². The lowest BCUT2D eigenvalue weighted by Gasteiger charge is -2.70. The van der Waals surface area contributed by atoms with Gasteiger partial charge in [-0.15, -0.1) is 0 Å². The van der Waals surface area contributed by atoms with Gasteiger partial charge in [0.05, 0.1) is 45.2 Å². The summed E-state index contributed by atoms with van der Waals surface area (Å²) in [6.07, 6.45) is -16.5. The molecule has 0 amide bonds. The van der Waals surface area contributed by atoms with Gasteiger partial charge in [-0.25, -0.2) is 0 Å². The van der Waals surface area contributed by atoms with Gasteiger partial charge < -0.3 is 94.8 Å². The van der Waals surface area contributed by atoms with Crippen molar-refractivity contribution in [1.29, 1.82) is 0 Å². The Hall–Kier alpha value is -1.28. The summed E-state index contributed by atoms with van der Waals surface area (Å²) in [6.45, 7) is 10.9. The summed E-state index contributed by atoms with van der Waals surface area (Å²) in [5.41, 5.74) is -0.186. The van der Waals surface area contributed by atoms with Crippen LogP contribution in [0.2, 0.25) is 0 Å². The number of hydrogen-bond donors (Lipinski definition) is 13. The van der Waals surface area contributed by atoms with Crippen molar-refractivity contribution >= 4 is 0 Å². The molecule has 24 atom stereocenters. The molecule has 0 bridgehead atoms. The smallest absolute Gasteiger partial charge is 0.187 e. The number of aliphatic hydroxyl groups excluding tert-OH is 13. The average molecular weight is 959 g/mol. The van der Waals surface area contributed by atoms with Crippen molar-refractivity contribution in [2.75, 3.05) is 33.0 Å². The van der Waals surface area contributed by atoms with E-state index in [1.54, 1.807) is 0 Å². The van der Waals surface area contributed by atoms with Gasteiger partial charge in [0.1, 0.15) is 73.2 Å². The molecule has 0 unspecified atom stereocenters. The average Bonchev–Trinajstić information content (AvgIpc) is 3.29. The monoisotopic (exact) mass is 959 g/mol. The molecule has 0 radical (unpaired) electrons. The summed E-state index contributed by atoms with van der Waals surface area (Å²) >= 11 is 0. The van der Waals surface area contributed by atoms with Gasteiger partial charge in [0, 0.05) is 16.2 Å². The highest BCUT2D eigenvalue weighted by Crippen LogP contribution is 2.74. The number of ether oxygens (including phenoxy) is 6. The van der Waals surface area contributed by atoms with Crippen molar-refractivity contribution in [1.82, 2.24) is 0 Å². The van der Waals surface area contributed by atoms with Gasteiger partial charge in [-0.2, -0.15) is 0 Å². The molecule has 6 fully saturated rings. The van der Waals surface area contributed by atoms with E-state index in [0.717, 1.165) is 25.7 Å². The van der Waals surface area contributed by atoms with Gasteiger partial charge in [-0.05, 0) is 85.0 Å². The number of allylic oxidation sites excluding steroid dienone is 3. The maximum absolute atomic E-state index is 12.1. The quantitative estimate of drug-likeness (QED) is 0.105. The third-order valence-corrected chi connectivity index (χ3v) is 19.0. The van der Waals surface area contributed by atoms with Crippen LogP contribution in [0.4, 0.5) is 0 Å². The number of fused-ring (bicyclic) bond motifs is 6. The van der Waals surface area contributed by atoms with Crippen LogP contribution in [-0.2, 0) is 28.4 Å². The van der Waals surface area contributed by atoms with E-state index in [-0.39, 0.29) is 41.3 Å². The Morgan fingerprint density at radius 3 is 1.81 bits per heavy atom. The van der Waals surface area contributed by atoms with Crippen molar-refractivity contribution in [2.45, 2.75) is 197 Å². The fraction of sp³-hybridized carbons (Fsp3) is 0.917. The normalized spacial score (nSPS) is 54.2. The van der Waals surface area contributed by atoms with E-state index in [1.165, 1.54) is 11.1 Å². The minimum atomic E-state index is -1.90. The molecule has 0 aromatic heterocycles. The molecule has 0 spiro atoms. The Bertz CT molecular complexity index is 1830. The number of rotatable bonds is 11. The van der Waals surface area contributed by atoms with Gasteiger partial charge in [-0.1, -0.05) is 59.3 Å². The molecule has 19 heteroatoms. The Morgan fingerprint density at radius 2 is 1.19 bits per heavy atom. The van der Waals surface area contributed by atoms with Gasteiger partial charge >= 0.3 is 0 Å². The Kier molecular flexibility index (Phi) is 14.5. The largest absolute Gasteiger partial charge is 0.396 e. The predicted molar refractivity (Wildman–Crippen MR) is 233 cm³/mol. The maximum Gasteiger partial charge on any atom is 0.187 e. The number of aliphatic hydroxyl groups is 13. The van der Waals surface area contributed by atoms with Crippen LogP contribution in [0.1, 0.15) is 92.9 Å². The molecule has 3 saturated heterocycles. The predicted octanol–water partition coefficient (Wildman–Crippen LogP) is -1.52. The molecule has 3 aliphatic heterocycles. The lowest BCUT2D eigenvalue weighted by molar-refractivity contribution is -0.376. The zero-order valence-electron chi connectivity index (χ0n) is 39.6. The van der Waals surface area contributed by atoms with E-state index < -0.39 is 140 Å². The van der Waals surface area contributed by atoms with Crippen LogP contribution < -0.4 is 0 Å². The third-order valence-electron chi connectivity index (χ3n) is 19.0. The first kappa shape index (κ1) is 52.1. The molecule has 19 nitrogen and oxygen atoms in total. The fourth-order valence-corrected chi connectivity index (χ4v) is 14.5. The Morgan fingerprint density at radius 1 is 0.612 bits per heavy atom. The van der Waals surface area contributed by atoms with Gasteiger partial charge in [-0.3, -0.25) is 0 Å². The first-order chi connectivity index (χ1) is 31.4. The van der Waals surface area contributed by atoms with Crippen LogP contribution in [0, 0.1) is 44.3 Å².